The van der Waals surface area contributed by atoms with Crippen molar-refractivity contribution in [3.8, 4) is 16.9 Å². The van der Waals surface area contributed by atoms with Crippen LogP contribution in [0.4, 0.5) is 26.3 Å². The third-order valence-electron chi connectivity index (χ3n) is 4.69. The molecule has 31 heavy (non-hydrogen) atoms. The molecule has 160 valence electrons. The fourth-order valence-electron chi connectivity index (χ4n) is 3.29. The maximum absolute atomic E-state index is 13.9. The number of benzene rings is 2. The normalized spacial score (nSPS) is 12.5. The summed E-state index contributed by atoms with van der Waals surface area (Å²) < 4.78 is 82.1. The van der Waals surface area contributed by atoms with E-state index in [4.69, 9.17) is 11.6 Å². The van der Waals surface area contributed by atoms with Gasteiger partial charge in [-0.1, -0.05) is 41.9 Å². The number of nitrogens with zero attached hydrogens (tertiary/aromatic N) is 3. The van der Waals surface area contributed by atoms with Crippen LogP contribution in [-0.4, -0.2) is 14.8 Å². The number of pyridine rings is 1. The van der Waals surface area contributed by atoms with Crippen molar-refractivity contribution in [2.45, 2.75) is 19.3 Å². The zero-order valence-corrected chi connectivity index (χ0v) is 16.4. The Hall–Kier alpha value is -3.07. The molecule has 0 saturated heterocycles. The van der Waals surface area contributed by atoms with Crippen molar-refractivity contribution in [2.75, 3.05) is 0 Å². The van der Waals surface area contributed by atoms with Crippen LogP contribution in [0.2, 0.25) is 5.02 Å². The van der Waals surface area contributed by atoms with Crippen LogP contribution < -0.4 is 0 Å². The predicted octanol–water partition coefficient (Wildman–Crippen LogP) is 7.09. The molecular formula is C21H12ClF6N3. The number of hydrogen-bond acceptors (Lipinski definition) is 2. The first-order valence-electron chi connectivity index (χ1n) is 8.87. The maximum Gasteiger partial charge on any atom is 0.417 e. The molecule has 0 aliphatic carbocycles. The third-order valence-corrected chi connectivity index (χ3v) is 5.01. The second-order valence-corrected chi connectivity index (χ2v) is 7.19. The van der Waals surface area contributed by atoms with Crippen LogP contribution >= 0.6 is 11.6 Å². The van der Waals surface area contributed by atoms with Crippen molar-refractivity contribution in [3.05, 3.63) is 76.4 Å². The number of halogens is 7. The first-order chi connectivity index (χ1) is 14.5. The number of rotatable bonds is 2. The summed E-state index contributed by atoms with van der Waals surface area (Å²) in [6, 6.07) is 11.6. The Bertz CT molecular complexity index is 1280. The molecule has 2 aromatic heterocycles. The highest BCUT2D eigenvalue weighted by Gasteiger charge is 2.36. The summed E-state index contributed by atoms with van der Waals surface area (Å²) in [4.78, 5) is 4.31. The van der Waals surface area contributed by atoms with Gasteiger partial charge in [-0.25, -0.2) is 9.67 Å². The Morgan fingerprint density at radius 2 is 1.55 bits per heavy atom. The number of fused-ring (bicyclic) bond motifs is 1. The number of hydrogen-bond donors (Lipinski definition) is 0. The Kier molecular flexibility index (Phi) is 4.96. The Morgan fingerprint density at radius 3 is 2.16 bits per heavy atom. The zero-order valence-electron chi connectivity index (χ0n) is 15.7. The average molecular weight is 456 g/mol. The molecule has 0 saturated carbocycles. The summed E-state index contributed by atoms with van der Waals surface area (Å²) >= 11 is 6.10. The fourth-order valence-corrected chi connectivity index (χ4v) is 3.49. The standard InChI is InChI=1S/C21H12ClF6N3/c1-11-18-14(21(26,27)28)10-16(12-5-3-2-4-6-12)29-19(18)31(30-11)17-9-13(20(23,24)25)7-8-15(17)22/h2-10H,1H3. The number of alkyl halides is 6. The zero-order chi connectivity index (χ0) is 22.6. The van der Waals surface area contributed by atoms with Gasteiger partial charge >= 0.3 is 12.4 Å². The summed E-state index contributed by atoms with van der Waals surface area (Å²) in [6.07, 6.45) is -9.40. The van der Waals surface area contributed by atoms with E-state index in [9.17, 15) is 26.3 Å². The lowest BCUT2D eigenvalue weighted by molar-refractivity contribution is -0.138. The minimum Gasteiger partial charge on any atom is -0.228 e. The van der Waals surface area contributed by atoms with Gasteiger partial charge < -0.3 is 0 Å². The van der Waals surface area contributed by atoms with Crippen molar-refractivity contribution in [2.24, 2.45) is 0 Å². The lowest BCUT2D eigenvalue weighted by atomic mass is 10.1. The summed E-state index contributed by atoms with van der Waals surface area (Å²) in [7, 11) is 0. The molecule has 0 bridgehead atoms. The van der Waals surface area contributed by atoms with Crippen molar-refractivity contribution in [1.29, 1.82) is 0 Å². The molecule has 2 aromatic carbocycles. The van der Waals surface area contributed by atoms with E-state index >= 15 is 0 Å². The molecule has 0 N–H and O–H groups in total. The second-order valence-electron chi connectivity index (χ2n) is 6.78. The number of aromatic nitrogens is 3. The molecule has 0 radical (unpaired) electrons. The smallest absolute Gasteiger partial charge is 0.228 e. The van der Waals surface area contributed by atoms with Gasteiger partial charge in [-0.2, -0.15) is 31.4 Å². The van der Waals surface area contributed by atoms with Crippen LogP contribution in [0, 0.1) is 6.92 Å². The quantitative estimate of drug-likeness (QED) is 0.302. The maximum atomic E-state index is 13.9. The lowest BCUT2D eigenvalue weighted by Crippen LogP contribution is -2.09. The van der Waals surface area contributed by atoms with Gasteiger partial charge in [0.05, 0.1) is 38.6 Å². The van der Waals surface area contributed by atoms with Crippen LogP contribution in [0.15, 0.2) is 54.6 Å². The minimum atomic E-state index is -4.74. The van der Waals surface area contributed by atoms with Gasteiger partial charge in [0.15, 0.2) is 5.65 Å². The molecule has 0 amide bonds. The lowest BCUT2D eigenvalue weighted by Gasteiger charge is -2.13. The summed E-state index contributed by atoms with van der Waals surface area (Å²) in [5.74, 6) is 0. The van der Waals surface area contributed by atoms with E-state index in [1.54, 1.807) is 30.3 Å². The molecule has 0 atom stereocenters. The van der Waals surface area contributed by atoms with Crippen molar-refractivity contribution >= 4 is 22.6 Å². The highest BCUT2D eigenvalue weighted by Crippen LogP contribution is 2.40. The van der Waals surface area contributed by atoms with Crippen LogP contribution in [0.25, 0.3) is 28.0 Å². The highest BCUT2D eigenvalue weighted by atomic mass is 35.5. The number of aryl methyl sites for hydroxylation is 1. The van der Waals surface area contributed by atoms with E-state index in [1.807, 2.05) is 0 Å². The monoisotopic (exact) mass is 455 g/mol. The predicted molar refractivity (Wildman–Crippen MR) is 104 cm³/mol. The third kappa shape index (κ3) is 3.85. The van der Waals surface area contributed by atoms with Crippen LogP contribution in [0.1, 0.15) is 16.8 Å². The van der Waals surface area contributed by atoms with Gasteiger partial charge in [0, 0.05) is 5.56 Å². The molecule has 4 rings (SSSR count). The van der Waals surface area contributed by atoms with E-state index in [0.717, 1.165) is 28.9 Å². The van der Waals surface area contributed by atoms with Gasteiger partial charge in [-0.05, 0) is 31.2 Å². The Labute approximate surface area is 176 Å². The van der Waals surface area contributed by atoms with Gasteiger partial charge in [-0.15, -0.1) is 0 Å². The fraction of sp³-hybridized carbons (Fsp3) is 0.143. The van der Waals surface area contributed by atoms with Gasteiger partial charge in [0.1, 0.15) is 0 Å². The van der Waals surface area contributed by atoms with Gasteiger partial charge in [0.25, 0.3) is 0 Å². The van der Waals surface area contributed by atoms with Crippen molar-refractivity contribution in [1.82, 2.24) is 14.8 Å². The summed E-state index contributed by atoms with van der Waals surface area (Å²) in [5.41, 5.74) is -2.08. The van der Waals surface area contributed by atoms with E-state index in [1.165, 1.54) is 6.92 Å². The van der Waals surface area contributed by atoms with Crippen molar-refractivity contribution < 1.29 is 26.3 Å². The van der Waals surface area contributed by atoms with Crippen LogP contribution in [0.5, 0.6) is 0 Å². The Morgan fingerprint density at radius 1 is 0.871 bits per heavy atom. The molecule has 0 unspecified atom stereocenters. The topological polar surface area (TPSA) is 30.7 Å². The van der Waals surface area contributed by atoms with Gasteiger partial charge in [0.2, 0.25) is 0 Å². The first-order valence-corrected chi connectivity index (χ1v) is 9.24. The molecule has 3 nitrogen and oxygen atoms in total. The van der Waals surface area contributed by atoms with E-state index in [2.05, 4.69) is 10.1 Å². The van der Waals surface area contributed by atoms with Crippen LogP contribution in [-0.2, 0) is 12.4 Å². The van der Waals surface area contributed by atoms with Crippen molar-refractivity contribution in [3.63, 3.8) is 0 Å². The molecular weight excluding hydrogens is 444 g/mol. The molecule has 0 aliphatic heterocycles. The van der Waals surface area contributed by atoms with Crippen LogP contribution in [0.3, 0.4) is 0 Å². The van der Waals surface area contributed by atoms with Gasteiger partial charge in [-0.3, -0.25) is 0 Å². The second kappa shape index (κ2) is 7.26. The summed E-state index contributed by atoms with van der Waals surface area (Å²) in [5, 5.41) is 3.64. The highest BCUT2D eigenvalue weighted by molar-refractivity contribution is 6.32. The molecule has 4 aromatic rings. The molecule has 0 fully saturated rings. The summed E-state index contributed by atoms with van der Waals surface area (Å²) in [6.45, 7) is 1.33. The van der Waals surface area contributed by atoms with E-state index in [0.29, 0.717) is 5.56 Å². The average Bonchev–Trinajstić information content (AvgIpc) is 3.03. The first kappa shape index (κ1) is 21.2. The van der Waals surface area contributed by atoms with E-state index < -0.39 is 23.5 Å². The minimum absolute atomic E-state index is 0.00433. The largest absolute Gasteiger partial charge is 0.417 e. The molecule has 0 spiro atoms. The molecule has 10 heteroatoms. The Balaban J connectivity index is 2.07. The molecule has 0 aliphatic rings. The van der Waals surface area contributed by atoms with E-state index in [-0.39, 0.29) is 33.1 Å². The SMILES string of the molecule is Cc1nn(-c2cc(C(F)(F)F)ccc2Cl)c2nc(-c3ccccc3)cc(C(F)(F)F)c12. The molecule has 2 heterocycles.